The van der Waals surface area contributed by atoms with Crippen molar-refractivity contribution >= 4 is 33.2 Å². The van der Waals surface area contributed by atoms with Gasteiger partial charge in [-0.1, -0.05) is 34.1 Å². The lowest BCUT2D eigenvalue weighted by atomic mass is 10.2. The Hall–Kier alpha value is -1.81. The van der Waals surface area contributed by atoms with E-state index in [0.29, 0.717) is 6.42 Å². The SMILES string of the molecule is O=C(CCN1CCc2ccccc21)Nc1ccc(Br)cc1. The summed E-state index contributed by atoms with van der Waals surface area (Å²) < 4.78 is 1.01. The van der Waals surface area contributed by atoms with E-state index in [-0.39, 0.29) is 5.91 Å². The van der Waals surface area contributed by atoms with Gasteiger partial charge in [-0.3, -0.25) is 4.79 Å². The fourth-order valence-electron chi connectivity index (χ4n) is 2.63. The number of rotatable bonds is 4. The number of carbonyl (C=O) groups excluding carboxylic acids is 1. The van der Waals surface area contributed by atoms with Gasteiger partial charge in [-0.05, 0) is 42.3 Å². The molecule has 2 aromatic rings. The number of nitrogens with one attached hydrogen (secondary N) is 1. The largest absolute Gasteiger partial charge is 0.370 e. The summed E-state index contributed by atoms with van der Waals surface area (Å²) in [6.45, 7) is 1.77. The number of carbonyl (C=O) groups is 1. The van der Waals surface area contributed by atoms with Gasteiger partial charge in [0.2, 0.25) is 5.91 Å². The molecule has 1 N–H and O–H groups in total. The van der Waals surface area contributed by atoms with Crippen LogP contribution in [0.5, 0.6) is 0 Å². The molecule has 0 bridgehead atoms. The molecule has 0 radical (unpaired) electrons. The maximum atomic E-state index is 12.0. The van der Waals surface area contributed by atoms with E-state index in [0.717, 1.165) is 29.7 Å². The summed E-state index contributed by atoms with van der Waals surface area (Å²) in [5.41, 5.74) is 3.49. The maximum absolute atomic E-state index is 12.0. The van der Waals surface area contributed by atoms with Crippen LogP contribution in [0.4, 0.5) is 11.4 Å². The molecule has 3 rings (SSSR count). The molecule has 0 aliphatic carbocycles. The molecule has 0 spiro atoms. The highest BCUT2D eigenvalue weighted by Gasteiger charge is 2.18. The normalized spacial score (nSPS) is 13.1. The van der Waals surface area contributed by atoms with E-state index < -0.39 is 0 Å². The van der Waals surface area contributed by atoms with Crippen LogP contribution in [0, 0.1) is 0 Å². The van der Waals surface area contributed by atoms with E-state index in [1.165, 1.54) is 11.3 Å². The summed E-state index contributed by atoms with van der Waals surface area (Å²) in [7, 11) is 0. The highest BCUT2D eigenvalue weighted by atomic mass is 79.9. The third kappa shape index (κ3) is 3.45. The zero-order valence-electron chi connectivity index (χ0n) is 11.7. The molecule has 4 heteroatoms. The van der Waals surface area contributed by atoms with Crippen molar-refractivity contribution in [1.82, 2.24) is 0 Å². The molecule has 108 valence electrons. The molecular weight excluding hydrogens is 328 g/mol. The van der Waals surface area contributed by atoms with Gasteiger partial charge in [-0.2, -0.15) is 0 Å². The molecule has 3 nitrogen and oxygen atoms in total. The molecule has 21 heavy (non-hydrogen) atoms. The second kappa shape index (κ2) is 6.31. The van der Waals surface area contributed by atoms with Gasteiger partial charge in [0.25, 0.3) is 0 Å². The Kier molecular flexibility index (Phi) is 4.25. The highest BCUT2D eigenvalue weighted by molar-refractivity contribution is 9.10. The van der Waals surface area contributed by atoms with Crippen LogP contribution in [0.1, 0.15) is 12.0 Å². The monoisotopic (exact) mass is 344 g/mol. The summed E-state index contributed by atoms with van der Waals surface area (Å²) in [5.74, 6) is 0.0571. The average Bonchev–Trinajstić information content (AvgIpc) is 2.91. The lowest BCUT2D eigenvalue weighted by Gasteiger charge is -2.18. The first-order valence-electron chi connectivity index (χ1n) is 7.10. The van der Waals surface area contributed by atoms with Crippen molar-refractivity contribution < 1.29 is 4.79 Å². The Balaban J connectivity index is 1.54. The number of fused-ring (bicyclic) bond motifs is 1. The second-order valence-corrected chi connectivity index (χ2v) is 6.09. The zero-order valence-corrected chi connectivity index (χ0v) is 13.3. The van der Waals surface area contributed by atoms with Gasteiger partial charge < -0.3 is 10.2 Å². The Labute approximate surface area is 133 Å². The molecule has 0 aromatic heterocycles. The Morgan fingerprint density at radius 3 is 2.71 bits per heavy atom. The van der Waals surface area contributed by atoms with Crippen molar-refractivity contribution in [3.63, 3.8) is 0 Å². The van der Waals surface area contributed by atoms with Crippen LogP contribution >= 0.6 is 15.9 Å². The molecular formula is C17H17BrN2O. The van der Waals surface area contributed by atoms with Crippen molar-refractivity contribution in [2.24, 2.45) is 0 Å². The van der Waals surface area contributed by atoms with Gasteiger partial charge in [-0.25, -0.2) is 0 Å². The number of halogens is 1. The van der Waals surface area contributed by atoms with Gasteiger partial charge in [0.15, 0.2) is 0 Å². The van der Waals surface area contributed by atoms with Gasteiger partial charge in [-0.15, -0.1) is 0 Å². The predicted octanol–water partition coefficient (Wildman–Crippen LogP) is 3.84. The predicted molar refractivity (Wildman–Crippen MR) is 89.7 cm³/mol. The molecule has 0 fully saturated rings. The molecule has 2 aromatic carbocycles. The topological polar surface area (TPSA) is 32.3 Å². The minimum Gasteiger partial charge on any atom is -0.370 e. The van der Waals surface area contributed by atoms with Crippen LogP contribution in [0.3, 0.4) is 0 Å². The maximum Gasteiger partial charge on any atom is 0.226 e. The van der Waals surface area contributed by atoms with Crippen molar-refractivity contribution in [2.45, 2.75) is 12.8 Å². The van der Waals surface area contributed by atoms with Crippen LogP contribution in [-0.2, 0) is 11.2 Å². The highest BCUT2D eigenvalue weighted by Crippen LogP contribution is 2.27. The van der Waals surface area contributed by atoms with Crippen molar-refractivity contribution in [3.8, 4) is 0 Å². The molecule has 0 unspecified atom stereocenters. The third-order valence-electron chi connectivity index (χ3n) is 3.72. The van der Waals surface area contributed by atoms with Gasteiger partial charge in [0.1, 0.15) is 0 Å². The first-order chi connectivity index (χ1) is 10.2. The molecule has 1 aliphatic heterocycles. The number of benzene rings is 2. The third-order valence-corrected chi connectivity index (χ3v) is 4.25. The number of anilines is 2. The van der Waals surface area contributed by atoms with E-state index in [1.807, 2.05) is 24.3 Å². The standard InChI is InChI=1S/C17H17BrN2O/c18-14-5-7-15(8-6-14)19-17(21)10-12-20-11-9-13-3-1-2-4-16(13)20/h1-8H,9-12H2,(H,19,21). The summed E-state index contributed by atoms with van der Waals surface area (Å²) in [6, 6.07) is 16.1. The molecule has 1 heterocycles. The van der Waals surface area contributed by atoms with E-state index in [1.54, 1.807) is 0 Å². The van der Waals surface area contributed by atoms with Crippen molar-refractivity contribution in [1.29, 1.82) is 0 Å². The summed E-state index contributed by atoms with van der Waals surface area (Å²) in [5, 5.41) is 2.93. The van der Waals surface area contributed by atoms with Gasteiger partial charge >= 0.3 is 0 Å². The zero-order chi connectivity index (χ0) is 14.7. The van der Waals surface area contributed by atoms with Gasteiger partial charge in [0.05, 0.1) is 0 Å². The second-order valence-electron chi connectivity index (χ2n) is 5.17. The quantitative estimate of drug-likeness (QED) is 0.913. The first-order valence-corrected chi connectivity index (χ1v) is 7.90. The minimum absolute atomic E-state index is 0.0571. The Morgan fingerprint density at radius 1 is 1.14 bits per heavy atom. The molecule has 0 saturated carbocycles. The summed E-state index contributed by atoms with van der Waals surface area (Å²) in [4.78, 5) is 14.3. The smallest absolute Gasteiger partial charge is 0.226 e. The van der Waals surface area contributed by atoms with E-state index >= 15 is 0 Å². The van der Waals surface area contributed by atoms with Crippen molar-refractivity contribution in [2.75, 3.05) is 23.3 Å². The average molecular weight is 345 g/mol. The fourth-order valence-corrected chi connectivity index (χ4v) is 2.90. The number of amides is 1. The lowest BCUT2D eigenvalue weighted by Crippen LogP contribution is -2.26. The van der Waals surface area contributed by atoms with Crippen LogP contribution < -0.4 is 10.2 Å². The number of hydrogen-bond acceptors (Lipinski definition) is 2. The van der Waals surface area contributed by atoms with E-state index in [4.69, 9.17) is 0 Å². The van der Waals surface area contributed by atoms with Crippen molar-refractivity contribution in [3.05, 3.63) is 58.6 Å². The molecule has 1 aliphatic rings. The summed E-state index contributed by atoms with van der Waals surface area (Å²) in [6.07, 6.45) is 1.58. The first kappa shape index (κ1) is 14.1. The number of nitrogens with zero attached hydrogens (tertiary/aromatic N) is 1. The fraction of sp³-hybridized carbons (Fsp3) is 0.235. The number of para-hydroxylation sites is 1. The van der Waals surface area contributed by atoms with E-state index in [2.05, 4.69) is 50.4 Å². The molecule has 1 amide bonds. The Morgan fingerprint density at radius 2 is 1.90 bits per heavy atom. The van der Waals surface area contributed by atoms with E-state index in [9.17, 15) is 4.79 Å². The molecule has 0 saturated heterocycles. The van der Waals surface area contributed by atoms with Crippen LogP contribution in [-0.4, -0.2) is 19.0 Å². The Bertz CT molecular complexity index is 639. The number of hydrogen-bond donors (Lipinski definition) is 1. The lowest BCUT2D eigenvalue weighted by molar-refractivity contribution is -0.116. The van der Waals surface area contributed by atoms with Crippen LogP contribution in [0.2, 0.25) is 0 Å². The molecule has 0 atom stereocenters. The van der Waals surface area contributed by atoms with Gasteiger partial charge in [0, 0.05) is 35.4 Å². The van der Waals surface area contributed by atoms with Crippen LogP contribution in [0.15, 0.2) is 53.0 Å². The van der Waals surface area contributed by atoms with Crippen LogP contribution in [0.25, 0.3) is 0 Å². The minimum atomic E-state index is 0.0571. The summed E-state index contributed by atoms with van der Waals surface area (Å²) >= 11 is 3.38.